The third-order valence-corrected chi connectivity index (χ3v) is 12.0. The molecule has 1 aliphatic rings. The van der Waals surface area contributed by atoms with Crippen LogP contribution in [0.25, 0.3) is 33.5 Å². The number of aromatic nitrogens is 3. The van der Waals surface area contributed by atoms with Crippen LogP contribution in [0.2, 0.25) is 25.7 Å². The second kappa shape index (κ2) is 17.2. The van der Waals surface area contributed by atoms with Crippen molar-refractivity contribution in [3.63, 3.8) is 0 Å². The van der Waals surface area contributed by atoms with Crippen molar-refractivity contribution >= 4 is 36.8 Å². The molecule has 0 aliphatic carbocycles. The summed E-state index contributed by atoms with van der Waals surface area (Å²) in [5.74, 6) is -1.49. The molecular formula is C45H55F2N5O6Si. The third-order valence-electron chi connectivity index (χ3n) is 10.2. The highest BCUT2D eigenvalue weighted by molar-refractivity contribution is 6.76. The van der Waals surface area contributed by atoms with Crippen molar-refractivity contribution in [3.05, 3.63) is 95.3 Å². The van der Waals surface area contributed by atoms with Gasteiger partial charge in [-0.2, -0.15) is 0 Å². The average Bonchev–Trinajstić information content (AvgIpc) is 3.52. The molecule has 0 saturated carbocycles. The van der Waals surface area contributed by atoms with E-state index < -0.39 is 36.8 Å². The average molecular weight is 828 g/mol. The van der Waals surface area contributed by atoms with E-state index in [9.17, 15) is 14.7 Å². The van der Waals surface area contributed by atoms with Crippen molar-refractivity contribution in [2.24, 2.45) is 0 Å². The largest absolute Gasteiger partial charge is 0.490 e. The van der Waals surface area contributed by atoms with E-state index in [2.05, 4.69) is 34.9 Å². The van der Waals surface area contributed by atoms with Crippen molar-refractivity contribution in [1.82, 2.24) is 19.4 Å². The number of ether oxygens (including phenoxy) is 3. The van der Waals surface area contributed by atoms with Crippen molar-refractivity contribution < 1.29 is 37.7 Å². The Balaban J connectivity index is 1.28. The van der Waals surface area contributed by atoms with Crippen LogP contribution in [0.15, 0.2) is 67.0 Å². The van der Waals surface area contributed by atoms with E-state index in [1.165, 1.54) is 44.4 Å². The quantitative estimate of drug-likeness (QED) is 0.0940. The summed E-state index contributed by atoms with van der Waals surface area (Å²) in [5.41, 5.74) is 2.03. The smallest absolute Gasteiger partial charge is 0.410 e. The molecule has 11 nitrogen and oxygen atoms in total. The lowest BCUT2D eigenvalue weighted by Crippen LogP contribution is -2.44. The zero-order chi connectivity index (χ0) is 42.9. The number of nitrogens with one attached hydrogen (secondary N) is 1. The third kappa shape index (κ3) is 10.7. The molecule has 5 aromatic rings. The van der Waals surface area contributed by atoms with E-state index in [-0.39, 0.29) is 30.2 Å². The molecule has 0 unspecified atom stereocenters. The highest BCUT2D eigenvalue weighted by Crippen LogP contribution is 2.37. The number of likely N-dealkylation sites (tertiary alicyclic amines) is 1. The Hall–Kier alpha value is -5.18. The number of halogens is 2. The molecule has 0 radical (unpaired) electrons. The molecule has 6 rings (SSSR count). The van der Waals surface area contributed by atoms with E-state index >= 15 is 8.78 Å². The minimum Gasteiger partial charge on any atom is -0.490 e. The Morgan fingerprint density at radius 1 is 0.949 bits per heavy atom. The van der Waals surface area contributed by atoms with Crippen LogP contribution in [0.3, 0.4) is 0 Å². The number of carbonyl (C=O) groups is 2. The number of aliphatic hydroxyl groups is 1. The molecule has 59 heavy (non-hydrogen) atoms. The van der Waals surface area contributed by atoms with Gasteiger partial charge in [0.2, 0.25) is 0 Å². The Bertz CT molecular complexity index is 2320. The van der Waals surface area contributed by atoms with E-state index in [1.807, 2.05) is 55.7 Å². The van der Waals surface area contributed by atoms with Crippen LogP contribution in [0.4, 0.5) is 19.3 Å². The molecule has 2 aromatic heterocycles. The van der Waals surface area contributed by atoms with Crippen molar-refractivity contribution in [1.29, 1.82) is 0 Å². The van der Waals surface area contributed by atoms with Crippen LogP contribution in [-0.4, -0.2) is 76.0 Å². The first-order valence-corrected chi connectivity index (χ1v) is 23.7. The summed E-state index contributed by atoms with van der Waals surface area (Å²) < 4.78 is 50.6. The zero-order valence-corrected chi connectivity index (χ0v) is 36.4. The monoisotopic (exact) mass is 827 g/mol. The predicted molar refractivity (Wildman–Crippen MR) is 228 cm³/mol. The summed E-state index contributed by atoms with van der Waals surface area (Å²) in [6.07, 6.45) is 2.43. The minimum absolute atomic E-state index is 0.0500. The summed E-state index contributed by atoms with van der Waals surface area (Å²) in [6.45, 7) is 19.1. The number of anilines is 1. The number of nitrogens with zero attached hydrogens (tertiary/aromatic N) is 4. The molecule has 3 heterocycles. The minimum atomic E-state index is -1.37. The number of benzene rings is 3. The van der Waals surface area contributed by atoms with Crippen molar-refractivity contribution in [2.75, 3.05) is 25.0 Å². The summed E-state index contributed by atoms with van der Waals surface area (Å²) in [4.78, 5) is 36.9. The van der Waals surface area contributed by atoms with Gasteiger partial charge < -0.3 is 34.1 Å². The number of piperidine rings is 1. The second-order valence-electron chi connectivity index (χ2n) is 17.9. The van der Waals surface area contributed by atoms with Gasteiger partial charge in [-0.15, -0.1) is 0 Å². The molecule has 14 heteroatoms. The molecule has 0 bridgehead atoms. The van der Waals surface area contributed by atoms with Gasteiger partial charge in [0.25, 0.3) is 5.91 Å². The van der Waals surface area contributed by atoms with Gasteiger partial charge in [-0.25, -0.2) is 23.5 Å². The lowest BCUT2D eigenvalue weighted by molar-refractivity contribution is 0.0126. The zero-order valence-electron chi connectivity index (χ0n) is 35.4. The summed E-state index contributed by atoms with van der Waals surface area (Å²) >= 11 is 0. The highest BCUT2D eigenvalue weighted by Gasteiger charge is 2.28. The Labute approximate surface area is 345 Å². The SMILES string of the molecule is Cc1c(NC(=O)c2ccc(C(C)(C)O)cc2F)cc(F)cc1-c1ncnc2c1cc(-c1ccc(OC3CCN(C(=O)OC(C)(C)C)CC3)cc1)n2COCC[Si](C)(C)C. The lowest BCUT2D eigenvalue weighted by atomic mass is 9.96. The van der Waals surface area contributed by atoms with Crippen molar-refractivity contribution in [3.8, 4) is 28.3 Å². The number of rotatable bonds is 12. The maximum atomic E-state index is 15.4. The number of hydrogen-bond acceptors (Lipinski definition) is 8. The normalized spacial score (nSPS) is 14.1. The molecule has 0 spiro atoms. The Kier molecular flexibility index (Phi) is 12.6. The van der Waals surface area contributed by atoms with Gasteiger partial charge in [0.1, 0.15) is 47.8 Å². The fraction of sp³-hybridized carbons (Fsp3) is 0.422. The number of hydrogen-bond donors (Lipinski definition) is 2. The fourth-order valence-corrected chi connectivity index (χ4v) is 7.64. The molecule has 0 atom stereocenters. The standard InChI is InChI=1S/C45H55F2N5O6Si/c1-28-35(23-31(46)24-38(28)50-42(53)34-15-12-30(22-37(34)47)45(5,6)55)40-36-25-39(52(41(36)49-26-48-40)27-56-20-21-59(7,8)9)29-10-13-32(14-11-29)57-33-16-18-51(19-17-33)43(54)58-44(2,3)4/h10-15,22-26,33,55H,16-21,27H2,1-9H3,(H,50,53). The first-order chi connectivity index (χ1) is 27.7. The molecule has 314 valence electrons. The van der Waals surface area contributed by atoms with E-state index in [0.29, 0.717) is 71.7 Å². The van der Waals surface area contributed by atoms with Crippen LogP contribution in [0.1, 0.15) is 68.9 Å². The number of carbonyl (C=O) groups excluding carboxylic acids is 2. The molecular weight excluding hydrogens is 773 g/mol. The van der Waals surface area contributed by atoms with Crippen molar-refractivity contribution in [2.45, 2.75) is 104 Å². The van der Waals surface area contributed by atoms with Crippen LogP contribution in [0.5, 0.6) is 5.75 Å². The Morgan fingerprint density at radius 2 is 1.64 bits per heavy atom. The van der Waals surface area contributed by atoms with Gasteiger partial charge in [-0.05, 0) is 119 Å². The molecule has 3 aromatic carbocycles. The molecule has 1 aliphatic heterocycles. The summed E-state index contributed by atoms with van der Waals surface area (Å²) in [5, 5.41) is 13.6. The van der Waals surface area contributed by atoms with Gasteiger partial charge in [0.05, 0.1) is 22.6 Å². The van der Waals surface area contributed by atoms with Crippen LogP contribution in [-0.2, 0) is 21.8 Å². The van der Waals surface area contributed by atoms with Gasteiger partial charge in [-0.3, -0.25) is 4.79 Å². The first kappa shape index (κ1) is 43.4. The van der Waals surface area contributed by atoms with Crippen LogP contribution in [0, 0.1) is 18.6 Å². The molecule has 1 saturated heterocycles. The fourth-order valence-electron chi connectivity index (χ4n) is 6.89. The van der Waals surface area contributed by atoms with Crippen LogP contribution < -0.4 is 10.1 Å². The predicted octanol–water partition coefficient (Wildman–Crippen LogP) is 9.92. The topological polar surface area (TPSA) is 128 Å². The molecule has 2 amide bonds. The maximum absolute atomic E-state index is 15.4. The van der Waals surface area contributed by atoms with Gasteiger partial charge in [-0.1, -0.05) is 25.7 Å². The molecule has 2 N–H and O–H groups in total. The van der Waals surface area contributed by atoms with Gasteiger partial charge in [0, 0.05) is 57.2 Å². The highest BCUT2D eigenvalue weighted by atomic mass is 28.3. The van der Waals surface area contributed by atoms with Gasteiger partial charge >= 0.3 is 6.09 Å². The van der Waals surface area contributed by atoms with E-state index in [4.69, 9.17) is 14.2 Å². The first-order valence-electron chi connectivity index (χ1n) is 20.0. The summed E-state index contributed by atoms with van der Waals surface area (Å²) in [7, 11) is -1.37. The molecule has 1 fully saturated rings. The lowest BCUT2D eigenvalue weighted by Gasteiger charge is -2.33. The van der Waals surface area contributed by atoms with Gasteiger partial charge in [0.15, 0.2) is 0 Å². The second-order valence-corrected chi connectivity index (χ2v) is 23.5. The van der Waals surface area contributed by atoms with E-state index in [0.717, 1.165) is 23.4 Å². The number of fused-ring (bicyclic) bond motifs is 1. The summed E-state index contributed by atoms with van der Waals surface area (Å²) in [6, 6.07) is 17.2. The maximum Gasteiger partial charge on any atom is 0.410 e. The Morgan fingerprint density at radius 3 is 2.27 bits per heavy atom. The van der Waals surface area contributed by atoms with E-state index in [1.54, 1.807) is 11.8 Å². The van der Waals surface area contributed by atoms with Crippen LogP contribution >= 0.6 is 0 Å². The number of amides is 2.